The van der Waals surface area contributed by atoms with Gasteiger partial charge in [0.15, 0.2) is 0 Å². The van der Waals surface area contributed by atoms with E-state index in [9.17, 15) is 9.59 Å². The Kier molecular flexibility index (Phi) is 7.51. The van der Waals surface area contributed by atoms with Gasteiger partial charge in [-0.1, -0.05) is 43.9 Å². The zero-order chi connectivity index (χ0) is 31.1. The number of amides is 1. The van der Waals surface area contributed by atoms with Crippen molar-refractivity contribution in [3.05, 3.63) is 89.4 Å². The van der Waals surface area contributed by atoms with Gasteiger partial charge >= 0.3 is 5.97 Å². The van der Waals surface area contributed by atoms with Crippen LogP contribution in [0.25, 0.3) is 39.4 Å². The molecule has 8 nitrogen and oxygen atoms in total. The lowest BCUT2D eigenvalue weighted by Gasteiger charge is -2.30. The van der Waals surface area contributed by atoms with E-state index in [1.165, 1.54) is 36.6 Å². The molecule has 5 aromatic rings. The van der Waals surface area contributed by atoms with Crippen molar-refractivity contribution >= 4 is 39.9 Å². The first-order chi connectivity index (χ1) is 21.9. The van der Waals surface area contributed by atoms with Crippen LogP contribution in [-0.2, 0) is 23.9 Å². The van der Waals surface area contributed by atoms with E-state index in [0.29, 0.717) is 18.0 Å². The molecule has 3 heterocycles. The monoisotopic (exact) mass is 601 g/mol. The number of carboxylic acid groups (broad SMARTS) is 1. The van der Waals surface area contributed by atoms with Gasteiger partial charge in [-0.2, -0.15) is 0 Å². The first-order valence-corrected chi connectivity index (χ1v) is 16.2. The van der Waals surface area contributed by atoms with Crippen LogP contribution in [0.15, 0.2) is 66.9 Å². The van der Waals surface area contributed by atoms with E-state index in [-0.39, 0.29) is 5.91 Å². The quantitative estimate of drug-likeness (QED) is 0.179. The van der Waals surface area contributed by atoms with E-state index in [1.54, 1.807) is 6.08 Å². The third-order valence-electron chi connectivity index (χ3n) is 9.92. The number of carboxylic acids is 1. The molecule has 230 valence electrons. The van der Waals surface area contributed by atoms with Crippen LogP contribution in [0, 0.1) is 0 Å². The molecule has 0 radical (unpaired) electrons. The van der Waals surface area contributed by atoms with Gasteiger partial charge in [0.25, 0.3) is 5.91 Å². The van der Waals surface area contributed by atoms with Crippen LogP contribution in [-0.4, -0.2) is 36.1 Å². The molecule has 0 bridgehead atoms. The minimum Gasteiger partial charge on any atom is -0.478 e. The molecule has 2 N–H and O–H groups in total. The second-order valence-electron chi connectivity index (χ2n) is 12.6. The highest BCUT2D eigenvalue weighted by Gasteiger charge is 2.41. The number of pyridine rings is 1. The molecule has 2 aliphatic rings. The van der Waals surface area contributed by atoms with Crippen LogP contribution in [0.1, 0.15) is 91.5 Å². The van der Waals surface area contributed by atoms with Crippen molar-refractivity contribution in [1.29, 1.82) is 0 Å². The lowest BCUT2D eigenvalue weighted by Crippen LogP contribution is -2.45. The van der Waals surface area contributed by atoms with Crippen molar-refractivity contribution in [1.82, 2.24) is 24.4 Å². The van der Waals surface area contributed by atoms with E-state index >= 15 is 0 Å². The third-order valence-corrected chi connectivity index (χ3v) is 9.92. The Morgan fingerprint density at radius 3 is 2.53 bits per heavy atom. The summed E-state index contributed by atoms with van der Waals surface area (Å²) in [6.07, 6.45) is 13.1. The summed E-state index contributed by atoms with van der Waals surface area (Å²) >= 11 is 0. The van der Waals surface area contributed by atoms with Gasteiger partial charge < -0.3 is 19.6 Å². The molecule has 8 heteroatoms. The summed E-state index contributed by atoms with van der Waals surface area (Å²) in [5.41, 5.74) is 7.16. The number of rotatable bonds is 8. The first-order valence-electron chi connectivity index (χ1n) is 16.2. The summed E-state index contributed by atoms with van der Waals surface area (Å²) in [5.74, 6) is 0.283. The number of imidazole rings is 1. The summed E-state index contributed by atoms with van der Waals surface area (Å²) in [4.78, 5) is 35.0. The Bertz CT molecular complexity index is 1940. The summed E-state index contributed by atoms with van der Waals surface area (Å²) in [6, 6.07) is 18.0. The largest absolute Gasteiger partial charge is 0.478 e. The second-order valence-corrected chi connectivity index (χ2v) is 12.6. The fourth-order valence-corrected chi connectivity index (χ4v) is 7.82. The molecule has 2 fully saturated rings. The number of carbonyl (C=O) groups is 2. The summed E-state index contributed by atoms with van der Waals surface area (Å²) in [5, 5.41) is 13.8. The highest BCUT2D eigenvalue weighted by Crippen LogP contribution is 2.45. The maximum atomic E-state index is 14.1. The molecule has 0 aliphatic heterocycles. The molecular formula is C37H39N5O3. The Hall–Kier alpha value is -4.72. The molecule has 2 aliphatic carbocycles. The highest BCUT2D eigenvalue weighted by atomic mass is 16.4. The molecule has 0 saturated heterocycles. The van der Waals surface area contributed by atoms with Gasteiger partial charge in [-0.25, -0.2) is 9.78 Å². The van der Waals surface area contributed by atoms with Gasteiger partial charge in [-0.15, -0.1) is 0 Å². The number of aliphatic carboxylic acids is 1. The number of nitrogens with one attached hydrogen (secondary N) is 1. The molecule has 0 atom stereocenters. The number of benzene rings is 2. The minimum absolute atomic E-state index is 0.0957. The number of hydrogen-bond acceptors (Lipinski definition) is 4. The number of aryl methyl sites for hydroxylation is 2. The molecule has 0 unspecified atom stereocenters. The molecular weight excluding hydrogens is 562 g/mol. The van der Waals surface area contributed by atoms with Crippen LogP contribution in [0.4, 0.5) is 0 Å². The molecule has 3 aromatic heterocycles. The number of carbonyl (C=O) groups excluding carboxylic acids is 1. The molecule has 0 spiro atoms. The summed E-state index contributed by atoms with van der Waals surface area (Å²) in [7, 11) is 2.09. The lowest BCUT2D eigenvalue weighted by atomic mass is 9.92. The van der Waals surface area contributed by atoms with Crippen molar-refractivity contribution in [2.24, 2.45) is 7.05 Å². The SMILES string of the molecule is CCn1c(C2(NC(=O)c3ccc4c(C5CCCC5)c(-c5ccccn5)n(C)c4c3)CCCC2)nc2ccc(/C=C/C(=O)O)cc21. The van der Waals surface area contributed by atoms with E-state index in [2.05, 4.69) is 40.6 Å². The highest BCUT2D eigenvalue weighted by molar-refractivity contribution is 6.01. The molecule has 2 aromatic carbocycles. The van der Waals surface area contributed by atoms with Gasteiger partial charge in [0.2, 0.25) is 0 Å². The number of aromatic nitrogens is 4. The first kappa shape index (κ1) is 29.0. The maximum Gasteiger partial charge on any atom is 0.328 e. The summed E-state index contributed by atoms with van der Waals surface area (Å²) in [6.45, 7) is 2.77. The van der Waals surface area contributed by atoms with Crippen LogP contribution >= 0.6 is 0 Å². The van der Waals surface area contributed by atoms with Crippen molar-refractivity contribution in [3.63, 3.8) is 0 Å². The zero-order valence-electron chi connectivity index (χ0n) is 25.9. The smallest absolute Gasteiger partial charge is 0.328 e. The van der Waals surface area contributed by atoms with Gasteiger partial charge in [0.1, 0.15) is 5.82 Å². The van der Waals surface area contributed by atoms with Crippen LogP contribution in [0.5, 0.6) is 0 Å². The molecule has 7 rings (SSSR count). The Labute approximate surface area is 262 Å². The van der Waals surface area contributed by atoms with Gasteiger partial charge in [0, 0.05) is 42.3 Å². The number of nitrogens with zero attached hydrogens (tertiary/aromatic N) is 4. The topological polar surface area (TPSA) is 102 Å². The van der Waals surface area contributed by atoms with Crippen LogP contribution in [0.3, 0.4) is 0 Å². The Morgan fingerprint density at radius 1 is 1.02 bits per heavy atom. The third kappa shape index (κ3) is 5.12. The average Bonchev–Trinajstić information content (AvgIpc) is 3.86. The summed E-state index contributed by atoms with van der Waals surface area (Å²) < 4.78 is 4.40. The normalized spacial score (nSPS) is 16.8. The lowest BCUT2D eigenvalue weighted by molar-refractivity contribution is -0.131. The molecule has 45 heavy (non-hydrogen) atoms. The zero-order valence-corrected chi connectivity index (χ0v) is 25.9. The van der Waals surface area contributed by atoms with Gasteiger partial charge in [0.05, 0.1) is 28.0 Å². The van der Waals surface area contributed by atoms with Crippen LogP contribution < -0.4 is 5.32 Å². The average molecular weight is 602 g/mol. The minimum atomic E-state index is -0.983. The molecule has 2 saturated carbocycles. The van der Waals surface area contributed by atoms with Crippen molar-refractivity contribution in [2.45, 2.75) is 76.3 Å². The van der Waals surface area contributed by atoms with Gasteiger partial charge in [-0.3, -0.25) is 9.78 Å². The standard InChI is InChI=1S/C37H39N5O3/c1-3-42-31-22-24(14-18-32(43)44)13-17-28(31)39-36(42)37(19-7-8-20-37)40-35(45)26-15-16-27-30(23-26)41(2)34(29-12-6-9-21-38-29)33(27)25-10-4-5-11-25/h6,9,12-18,21-23,25H,3-5,7-8,10-11,19-20H2,1-2H3,(H,40,45)(H,43,44)/b18-14+. The molecule has 1 amide bonds. The fourth-order valence-electron chi connectivity index (χ4n) is 7.82. The van der Waals surface area contributed by atoms with Crippen molar-refractivity contribution < 1.29 is 14.7 Å². The number of hydrogen-bond donors (Lipinski definition) is 2. The van der Waals surface area contributed by atoms with E-state index in [0.717, 1.165) is 71.1 Å². The van der Waals surface area contributed by atoms with Gasteiger partial charge in [-0.05, 0) is 92.1 Å². The predicted molar refractivity (Wildman–Crippen MR) is 177 cm³/mol. The number of fused-ring (bicyclic) bond motifs is 2. The Balaban J connectivity index is 1.27. The van der Waals surface area contributed by atoms with E-state index in [1.807, 2.05) is 48.7 Å². The fraction of sp³-hybridized carbons (Fsp3) is 0.351. The second kappa shape index (κ2) is 11.7. The maximum absolute atomic E-state index is 14.1. The Morgan fingerprint density at radius 2 is 1.82 bits per heavy atom. The van der Waals surface area contributed by atoms with E-state index < -0.39 is 11.5 Å². The van der Waals surface area contributed by atoms with Crippen LogP contribution in [0.2, 0.25) is 0 Å². The van der Waals surface area contributed by atoms with E-state index in [4.69, 9.17) is 15.1 Å². The van der Waals surface area contributed by atoms with Crippen molar-refractivity contribution in [3.8, 4) is 11.4 Å². The predicted octanol–water partition coefficient (Wildman–Crippen LogP) is 7.56. The van der Waals surface area contributed by atoms with Crippen molar-refractivity contribution in [2.75, 3.05) is 0 Å².